The molecular formula is C53H61N3O10. The van der Waals surface area contributed by atoms with Gasteiger partial charge in [-0.2, -0.15) is 0 Å². The van der Waals surface area contributed by atoms with E-state index >= 15 is 4.79 Å². The minimum absolute atomic E-state index is 0.000316. The van der Waals surface area contributed by atoms with Crippen LogP contribution in [0.15, 0.2) is 114 Å². The van der Waals surface area contributed by atoms with E-state index in [1.807, 2.05) is 41.3 Å². The van der Waals surface area contributed by atoms with Gasteiger partial charge in [-0.05, 0) is 109 Å². The maximum atomic E-state index is 15.1. The molecule has 7 atom stereocenters. The Morgan fingerprint density at radius 2 is 1.73 bits per heavy atom. The van der Waals surface area contributed by atoms with E-state index in [4.69, 9.17) is 28.9 Å². The molecule has 0 bridgehead atoms. The highest BCUT2D eigenvalue weighted by atomic mass is 16.8. The Kier molecular flexibility index (Phi) is 14.2. The summed E-state index contributed by atoms with van der Waals surface area (Å²) in [6.07, 6.45) is 12.5. The number of allylic oxidation sites excluding steroid dienone is 1. The van der Waals surface area contributed by atoms with Crippen LogP contribution >= 0.6 is 0 Å². The average molecular weight is 900 g/mol. The number of carbonyl (C=O) groups excluding carboxylic acids is 1. The summed E-state index contributed by atoms with van der Waals surface area (Å²) in [6, 6.07) is 25.6. The molecule has 1 amide bonds. The summed E-state index contributed by atoms with van der Waals surface area (Å²) in [5.41, 5.74) is 3.47. The van der Waals surface area contributed by atoms with Crippen molar-refractivity contribution >= 4 is 28.1 Å². The van der Waals surface area contributed by atoms with Crippen molar-refractivity contribution in [1.82, 2.24) is 4.90 Å². The minimum Gasteiger partial charge on any atom is -0.459 e. The molecule has 348 valence electrons. The van der Waals surface area contributed by atoms with Crippen LogP contribution in [0.1, 0.15) is 94.1 Å². The number of fused-ring (bicyclic) bond motifs is 3. The molecule has 0 radical (unpaired) electrons. The van der Waals surface area contributed by atoms with E-state index in [0.717, 1.165) is 78.8 Å². The molecule has 13 heteroatoms. The number of oxime groups is 1. The summed E-state index contributed by atoms with van der Waals surface area (Å²) in [6.45, 7) is 5.29. The highest BCUT2D eigenvalue weighted by Crippen LogP contribution is 2.62. The first-order valence-electron chi connectivity index (χ1n) is 23.9. The number of nitro benzene ring substituents is 1. The van der Waals surface area contributed by atoms with Gasteiger partial charge in [0.05, 0.1) is 35.8 Å². The smallest absolute Gasteiger partial charge is 0.273 e. The van der Waals surface area contributed by atoms with Crippen LogP contribution < -0.4 is 9.47 Å². The number of aliphatic hydroxyl groups excluding tert-OH is 2. The number of non-ortho nitro benzene ring substituents is 1. The lowest BCUT2D eigenvalue weighted by Crippen LogP contribution is -2.70. The predicted octanol–water partition coefficient (Wildman–Crippen LogP) is 10.1. The van der Waals surface area contributed by atoms with Gasteiger partial charge in [-0.15, -0.1) is 6.58 Å². The van der Waals surface area contributed by atoms with E-state index < -0.39 is 29.0 Å². The lowest BCUT2D eigenvalue weighted by atomic mass is 9.55. The molecule has 4 aromatic carbocycles. The third-order valence-electron chi connectivity index (χ3n) is 14.1. The zero-order valence-corrected chi connectivity index (χ0v) is 37.5. The highest BCUT2D eigenvalue weighted by molar-refractivity contribution is 6.03. The van der Waals surface area contributed by atoms with Gasteiger partial charge in [0.15, 0.2) is 0 Å². The molecule has 1 unspecified atom stereocenters. The number of hydrogen-bond donors (Lipinski definition) is 2. The maximum absolute atomic E-state index is 15.1. The van der Waals surface area contributed by atoms with E-state index in [1.54, 1.807) is 18.2 Å². The van der Waals surface area contributed by atoms with Crippen molar-refractivity contribution in [3.05, 3.63) is 130 Å². The zero-order valence-electron chi connectivity index (χ0n) is 37.5. The van der Waals surface area contributed by atoms with E-state index in [2.05, 4.69) is 36.9 Å². The first-order valence-corrected chi connectivity index (χ1v) is 23.9. The van der Waals surface area contributed by atoms with Crippen molar-refractivity contribution in [2.45, 2.75) is 108 Å². The average Bonchev–Trinajstić information content (AvgIpc) is 4.20. The first-order chi connectivity index (χ1) is 32.3. The molecule has 2 aliphatic heterocycles. The van der Waals surface area contributed by atoms with E-state index in [1.165, 1.54) is 12.1 Å². The summed E-state index contributed by atoms with van der Waals surface area (Å²) in [7, 11) is 0. The Bertz CT molecular complexity index is 2440. The van der Waals surface area contributed by atoms with E-state index in [-0.39, 0.29) is 61.5 Å². The summed E-state index contributed by atoms with van der Waals surface area (Å²) in [5, 5.41) is 39.0. The number of carbonyl (C=O) groups is 1. The second-order valence-corrected chi connectivity index (χ2v) is 18.4. The molecule has 0 spiro atoms. The number of unbranched alkanes of at least 4 members (excludes halogenated alkanes) is 2. The molecule has 0 aromatic heterocycles. The molecule has 2 N–H and O–H groups in total. The van der Waals surface area contributed by atoms with E-state index in [9.17, 15) is 20.3 Å². The quantitative estimate of drug-likeness (QED) is 0.0378. The predicted molar refractivity (Wildman–Crippen MR) is 250 cm³/mol. The van der Waals surface area contributed by atoms with Crippen LogP contribution in [0.5, 0.6) is 17.2 Å². The Morgan fingerprint density at radius 1 is 0.939 bits per heavy atom. The van der Waals surface area contributed by atoms with Crippen LogP contribution in [0, 0.1) is 33.8 Å². The van der Waals surface area contributed by atoms with Crippen LogP contribution in [-0.4, -0.2) is 76.2 Å². The molecule has 3 aliphatic carbocycles. The number of ether oxygens (including phenoxy) is 4. The molecule has 66 heavy (non-hydrogen) atoms. The SMILES string of the molecule is C=CCO[C@@]12Oc3ccc(Oc4cccc([N+](=O)[O-])c4)cc3[C@H]3[C@H](CCCCO)[C@@H](CCCCO)C=C(C(=NOC4CCCCO4)C[C@@H]1N(Cc1cccc4ccccc14)C(=O)C1CC1)[C@H]32. The summed E-state index contributed by atoms with van der Waals surface area (Å²) >= 11 is 0. The van der Waals surface area contributed by atoms with Gasteiger partial charge in [-0.3, -0.25) is 14.9 Å². The van der Waals surface area contributed by atoms with Crippen LogP contribution in [0.2, 0.25) is 0 Å². The van der Waals surface area contributed by atoms with Crippen molar-refractivity contribution in [2.75, 3.05) is 26.4 Å². The van der Waals surface area contributed by atoms with Crippen LogP contribution in [0.4, 0.5) is 5.69 Å². The normalized spacial score (nSPS) is 26.1. The summed E-state index contributed by atoms with van der Waals surface area (Å²) < 4.78 is 27.2. The Labute approximate surface area is 386 Å². The summed E-state index contributed by atoms with van der Waals surface area (Å²) in [5.74, 6) is -0.872. The van der Waals surface area contributed by atoms with Gasteiger partial charge < -0.3 is 38.9 Å². The van der Waals surface area contributed by atoms with Crippen LogP contribution in [0.3, 0.4) is 0 Å². The fourth-order valence-electron chi connectivity index (χ4n) is 10.9. The number of nitro groups is 1. The van der Waals surface area contributed by atoms with Gasteiger partial charge in [0.1, 0.15) is 23.3 Å². The third-order valence-corrected chi connectivity index (χ3v) is 14.1. The van der Waals surface area contributed by atoms with Crippen molar-refractivity contribution in [1.29, 1.82) is 0 Å². The number of aliphatic hydroxyl groups is 2. The lowest BCUT2D eigenvalue weighted by molar-refractivity contribution is -0.384. The number of rotatable bonds is 20. The van der Waals surface area contributed by atoms with Gasteiger partial charge in [0.25, 0.3) is 5.69 Å². The zero-order chi connectivity index (χ0) is 45.6. The van der Waals surface area contributed by atoms with Gasteiger partial charge >= 0.3 is 0 Å². The van der Waals surface area contributed by atoms with Crippen LogP contribution in [-0.2, 0) is 25.7 Å². The summed E-state index contributed by atoms with van der Waals surface area (Å²) in [4.78, 5) is 34.8. The Morgan fingerprint density at radius 3 is 2.50 bits per heavy atom. The second-order valence-electron chi connectivity index (χ2n) is 18.4. The standard InChI is InChI=1S/C53H61N3O10/c1-2-28-63-53-48(55(52(59)36-22-23-36)34-38-16-11-15-35-13-3-4-19-42(35)38)33-46(54-66-49-21-7-10-29-62-49)44-30-37(14-5-8-26-57)43(20-6-9-27-58)50(51(44)53)45-32-41(24-25-47(45)65-53)64-40-18-12-17-39(31-40)56(60)61/h2-4,11-13,15-19,24-25,30-32,36-37,43,48-51,57-58H,1,5-10,14,20-23,26-29,33-34H2/t37-,43+,48-,49?,50+,51+,53+/m0/s1. The molecule has 4 aromatic rings. The second kappa shape index (κ2) is 20.5. The number of nitrogens with zero attached hydrogens (tertiary/aromatic N) is 3. The fourth-order valence-corrected chi connectivity index (χ4v) is 10.9. The Balaban J connectivity index is 1.25. The minimum atomic E-state index is -1.43. The molecule has 9 rings (SSSR count). The monoisotopic (exact) mass is 899 g/mol. The van der Waals surface area contributed by atoms with E-state index in [0.29, 0.717) is 55.4 Å². The molecule has 2 heterocycles. The largest absolute Gasteiger partial charge is 0.459 e. The molecule has 5 aliphatic rings. The molecule has 3 fully saturated rings. The maximum Gasteiger partial charge on any atom is 0.273 e. The number of amides is 1. The molecule has 1 saturated heterocycles. The third kappa shape index (κ3) is 9.49. The lowest BCUT2D eigenvalue weighted by Gasteiger charge is -2.60. The molecular weight excluding hydrogens is 839 g/mol. The number of hydrogen-bond acceptors (Lipinski definition) is 11. The van der Waals surface area contributed by atoms with Gasteiger partial charge in [-0.25, -0.2) is 0 Å². The molecule has 13 nitrogen and oxygen atoms in total. The highest BCUT2D eigenvalue weighted by Gasteiger charge is 2.66. The van der Waals surface area contributed by atoms with Gasteiger partial charge in [0, 0.05) is 56.1 Å². The van der Waals surface area contributed by atoms with Crippen molar-refractivity contribution in [2.24, 2.45) is 28.8 Å². The number of benzene rings is 4. The van der Waals surface area contributed by atoms with Crippen molar-refractivity contribution < 1.29 is 43.7 Å². The van der Waals surface area contributed by atoms with Crippen LogP contribution in [0.25, 0.3) is 10.8 Å². The van der Waals surface area contributed by atoms with Crippen molar-refractivity contribution in [3.63, 3.8) is 0 Å². The first kappa shape index (κ1) is 45.6. The molecule has 2 saturated carbocycles. The van der Waals surface area contributed by atoms with Crippen molar-refractivity contribution in [3.8, 4) is 17.2 Å². The van der Waals surface area contributed by atoms with Gasteiger partial charge in [0.2, 0.25) is 18.0 Å². The topological polar surface area (TPSA) is 162 Å². The Hall–Kier alpha value is -5.60. The van der Waals surface area contributed by atoms with Gasteiger partial charge in [-0.1, -0.05) is 78.7 Å². The fraction of sp³-hybridized carbons (Fsp3) is 0.472.